The van der Waals surface area contributed by atoms with Crippen molar-refractivity contribution in [2.24, 2.45) is 0 Å². The fraction of sp³-hybridized carbons (Fsp3) is 0.444. The summed E-state index contributed by atoms with van der Waals surface area (Å²) in [7, 11) is 3.37. The summed E-state index contributed by atoms with van der Waals surface area (Å²) in [5, 5.41) is 4.21. The second kappa shape index (κ2) is 12.0. The molecule has 1 aliphatic rings. The molecule has 0 saturated carbocycles. The lowest BCUT2D eigenvalue weighted by atomic mass is 9.95. The van der Waals surface area contributed by atoms with Gasteiger partial charge >= 0.3 is 0 Å². The maximum atomic E-state index is 14.0. The van der Waals surface area contributed by atoms with Gasteiger partial charge < -0.3 is 18.9 Å². The molecule has 0 aliphatic carbocycles. The van der Waals surface area contributed by atoms with Crippen LogP contribution >= 0.6 is 0 Å². The quantitative estimate of drug-likeness (QED) is 0.399. The molecule has 0 N–H and O–H groups in total. The van der Waals surface area contributed by atoms with Gasteiger partial charge in [0.1, 0.15) is 18.8 Å². The highest BCUT2D eigenvalue weighted by molar-refractivity contribution is 5.43. The van der Waals surface area contributed by atoms with Crippen LogP contribution in [0, 0.1) is 5.82 Å². The van der Waals surface area contributed by atoms with Crippen molar-refractivity contribution in [1.29, 1.82) is 0 Å². The van der Waals surface area contributed by atoms with Gasteiger partial charge in [-0.25, -0.2) is 4.39 Å². The molecule has 3 aromatic rings. The Labute approximate surface area is 206 Å². The number of ether oxygens (including phenoxy) is 4. The van der Waals surface area contributed by atoms with Gasteiger partial charge in [0.15, 0.2) is 23.1 Å². The van der Waals surface area contributed by atoms with Crippen LogP contribution in [-0.2, 0) is 17.8 Å². The van der Waals surface area contributed by atoms with Crippen molar-refractivity contribution >= 4 is 0 Å². The van der Waals surface area contributed by atoms with Gasteiger partial charge in [0, 0.05) is 32.6 Å². The molecule has 188 valence electrons. The summed E-state index contributed by atoms with van der Waals surface area (Å²) in [6.07, 6.45) is 6.31. The van der Waals surface area contributed by atoms with E-state index in [-0.39, 0.29) is 11.6 Å². The van der Waals surface area contributed by atoms with Crippen molar-refractivity contribution in [3.63, 3.8) is 0 Å². The van der Waals surface area contributed by atoms with Gasteiger partial charge in [-0.05, 0) is 61.7 Å². The minimum Gasteiger partial charge on any atom is -0.493 e. The molecule has 8 heteroatoms. The zero-order valence-corrected chi connectivity index (χ0v) is 20.5. The third-order valence-electron chi connectivity index (χ3n) is 6.52. The van der Waals surface area contributed by atoms with E-state index in [2.05, 4.69) is 22.1 Å². The van der Waals surface area contributed by atoms with Crippen molar-refractivity contribution < 1.29 is 23.3 Å². The van der Waals surface area contributed by atoms with Gasteiger partial charge in [0.25, 0.3) is 0 Å². The van der Waals surface area contributed by atoms with E-state index in [4.69, 9.17) is 18.9 Å². The van der Waals surface area contributed by atoms with Gasteiger partial charge in [-0.1, -0.05) is 18.2 Å². The molecular formula is C27H34FN3O4. The van der Waals surface area contributed by atoms with Crippen LogP contribution in [0.5, 0.6) is 17.2 Å². The Morgan fingerprint density at radius 3 is 2.63 bits per heavy atom. The highest BCUT2D eigenvalue weighted by Crippen LogP contribution is 2.31. The van der Waals surface area contributed by atoms with Gasteiger partial charge in [0.2, 0.25) is 0 Å². The van der Waals surface area contributed by atoms with Gasteiger partial charge in [-0.2, -0.15) is 5.10 Å². The third kappa shape index (κ3) is 6.74. The summed E-state index contributed by atoms with van der Waals surface area (Å²) in [4.78, 5) is 2.42. The summed E-state index contributed by atoms with van der Waals surface area (Å²) in [5.74, 6) is 1.37. The van der Waals surface area contributed by atoms with Crippen LogP contribution in [0.25, 0.3) is 0 Å². The summed E-state index contributed by atoms with van der Waals surface area (Å²) < 4.78 is 39.1. The molecule has 1 saturated heterocycles. The van der Waals surface area contributed by atoms with E-state index in [0.717, 1.165) is 50.2 Å². The standard InChI is InChI=1S/C27H34FN3O4/c1-32-25-10-9-22(19-26(25)34-18-17-31-15-6-13-29-31)20-30-14-5-11-27(33-2,12-16-30)21-35-24-8-4-3-7-23(24)28/h3-4,6-10,13,15,19H,5,11-12,14,16-18,20-21H2,1-2H3/t27-/m1/s1. The molecule has 0 amide bonds. The first-order valence-electron chi connectivity index (χ1n) is 12.0. The second-order valence-electron chi connectivity index (χ2n) is 8.84. The maximum Gasteiger partial charge on any atom is 0.165 e. The molecule has 1 aliphatic heterocycles. The summed E-state index contributed by atoms with van der Waals surface area (Å²) >= 11 is 0. The largest absolute Gasteiger partial charge is 0.493 e. The van der Waals surface area contributed by atoms with Crippen LogP contribution in [0.15, 0.2) is 60.9 Å². The van der Waals surface area contributed by atoms with E-state index in [1.807, 2.05) is 23.0 Å². The van der Waals surface area contributed by atoms with E-state index in [1.54, 1.807) is 38.6 Å². The Balaban J connectivity index is 1.34. The average Bonchev–Trinajstić information content (AvgIpc) is 3.31. The van der Waals surface area contributed by atoms with Crippen LogP contribution in [-0.4, -0.2) is 60.8 Å². The van der Waals surface area contributed by atoms with E-state index >= 15 is 0 Å². The lowest BCUT2D eigenvalue weighted by Gasteiger charge is -2.31. The third-order valence-corrected chi connectivity index (χ3v) is 6.52. The lowest BCUT2D eigenvalue weighted by Crippen LogP contribution is -2.39. The van der Waals surface area contributed by atoms with Gasteiger partial charge in [-0.15, -0.1) is 0 Å². The van der Waals surface area contributed by atoms with E-state index in [9.17, 15) is 4.39 Å². The SMILES string of the molecule is COc1ccc(CN2CCC[C@@](COc3ccccc3F)(OC)CC2)cc1OCCn1cccn1. The number of halogens is 1. The van der Waals surface area contributed by atoms with Crippen molar-refractivity contribution in [1.82, 2.24) is 14.7 Å². The van der Waals surface area contributed by atoms with Crippen molar-refractivity contribution in [2.45, 2.75) is 38.0 Å². The van der Waals surface area contributed by atoms with Crippen LogP contribution in [0.2, 0.25) is 0 Å². The number of rotatable bonds is 11. The normalized spacial score (nSPS) is 18.7. The molecule has 1 atom stereocenters. The highest BCUT2D eigenvalue weighted by atomic mass is 19.1. The number of nitrogens with zero attached hydrogens (tertiary/aromatic N) is 3. The Hall–Kier alpha value is -3.10. The minimum absolute atomic E-state index is 0.267. The Morgan fingerprint density at radius 2 is 1.86 bits per heavy atom. The van der Waals surface area contributed by atoms with Gasteiger partial charge in [0.05, 0.1) is 13.7 Å². The maximum absolute atomic E-state index is 14.0. The van der Waals surface area contributed by atoms with Crippen molar-refractivity contribution in [2.75, 3.05) is 40.5 Å². The number of likely N-dealkylation sites (tertiary alicyclic amines) is 1. The van der Waals surface area contributed by atoms with Crippen LogP contribution in [0.4, 0.5) is 4.39 Å². The topological polar surface area (TPSA) is 58.0 Å². The molecule has 0 radical (unpaired) electrons. The predicted octanol–water partition coefficient (Wildman–Crippen LogP) is 4.56. The average molecular weight is 484 g/mol. The summed E-state index contributed by atoms with van der Waals surface area (Å²) in [6, 6.07) is 14.5. The highest BCUT2D eigenvalue weighted by Gasteiger charge is 2.34. The number of methoxy groups -OCH3 is 2. The lowest BCUT2D eigenvalue weighted by molar-refractivity contribution is -0.0548. The number of para-hydroxylation sites is 1. The zero-order valence-electron chi connectivity index (χ0n) is 20.5. The Kier molecular flexibility index (Phi) is 8.60. The van der Waals surface area contributed by atoms with Crippen LogP contribution in [0.1, 0.15) is 24.8 Å². The van der Waals surface area contributed by atoms with Gasteiger partial charge in [-0.3, -0.25) is 9.58 Å². The van der Waals surface area contributed by atoms with E-state index < -0.39 is 5.60 Å². The first-order valence-corrected chi connectivity index (χ1v) is 12.0. The molecule has 1 fully saturated rings. The molecule has 2 heterocycles. The molecule has 0 spiro atoms. The first kappa shape index (κ1) is 25.0. The first-order chi connectivity index (χ1) is 17.1. The number of hydrogen-bond acceptors (Lipinski definition) is 6. The predicted molar refractivity (Wildman–Crippen MR) is 131 cm³/mol. The smallest absolute Gasteiger partial charge is 0.165 e. The van der Waals surface area contributed by atoms with E-state index in [0.29, 0.717) is 25.5 Å². The number of hydrogen-bond donors (Lipinski definition) is 0. The van der Waals surface area contributed by atoms with Crippen molar-refractivity contribution in [3.8, 4) is 17.2 Å². The monoisotopic (exact) mass is 483 g/mol. The van der Waals surface area contributed by atoms with E-state index in [1.165, 1.54) is 6.07 Å². The zero-order chi connectivity index (χ0) is 24.5. The molecule has 0 bridgehead atoms. The molecule has 1 aromatic heterocycles. The number of benzene rings is 2. The molecule has 7 nitrogen and oxygen atoms in total. The summed E-state index contributed by atoms with van der Waals surface area (Å²) in [6.45, 7) is 4.11. The molecule has 2 aromatic carbocycles. The minimum atomic E-state index is -0.433. The fourth-order valence-corrected chi connectivity index (χ4v) is 4.43. The fourth-order valence-electron chi connectivity index (χ4n) is 4.43. The van der Waals surface area contributed by atoms with Crippen LogP contribution < -0.4 is 14.2 Å². The molecule has 35 heavy (non-hydrogen) atoms. The Bertz CT molecular complexity index is 1060. The molecular weight excluding hydrogens is 449 g/mol. The molecule has 0 unspecified atom stereocenters. The summed E-state index contributed by atoms with van der Waals surface area (Å²) in [5.41, 5.74) is 0.727. The van der Waals surface area contributed by atoms with Crippen molar-refractivity contribution in [3.05, 3.63) is 72.3 Å². The second-order valence-corrected chi connectivity index (χ2v) is 8.84. The Morgan fingerprint density at radius 1 is 0.971 bits per heavy atom. The molecule has 4 rings (SSSR count). The number of aromatic nitrogens is 2. The van der Waals surface area contributed by atoms with Crippen LogP contribution in [0.3, 0.4) is 0 Å².